The Hall–Kier alpha value is -4.11. The summed E-state index contributed by atoms with van der Waals surface area (Å²) in [6.07, 6.45) is 1.48. The van der Waals surface area contributed by atoms with Gasteiger partial charge in [-0.2, -0.15) is 0 Å². The van der Waals surface area contributed by atoms with E-state index in [1.165, 1.54) is 13.0 Å². The molecule has 0 unspecified atom stereocenters. The molecule has 2 aromatic rings. The Kier molecular flexibility index (Phi) is 10.5. The maximum Gasteiger partial charge on any atom is 0.255 e. The van der Waals surface area contributed by atoms with Crippen molar-refractivity contribution in [3.63, 3.8) is 0 Å². The van der Waals surface area contributed by atoms with Crippen LogP contribution in [-0.4, -0.2) is 49.6 Å². The first-order chi connectivity index (χ1) is 19.1. The SMILES string of the molecule is CCOc1ccc(C(=O)NC2=C/C(=N\c3ccc(N(CC)CC)cc3NC(C)=O)C(C)=C(Cl)C2=O)cc1OCC. The van der Waals surface area contributed by atoms with E-state index in [0.717, 1.165) is 18.8 Å². The quantitative estimate of drug-likeness (QED) is 0.334. The Balaban J connectivity index is 1.99. The van der Waals surface area contributed by atoms with Gasteiger partial charge in [-0.3, -0.25) is 14.4 Å². The summed E-state index contributed by atoms with van der Waals surface area (Å²) in [5.41, 5.74) is 3.02. The average Bonchev–Trinajstić information content (AvgIpc) is 2.92. The second-order valence-electron chi connectivity index (χ2n) is 8.86. The van der Waals surface area contributed by atoms with Crippen LogP contribution < -0.4 is 25.0 Å². The second kappa shape index (κ2) is 13.8. The minimum absolute atomic E-state index is 0.0213. The van der Waals surface area contributed by atoms with Gasteiger partial charge in [0.25, 0.3) is 5.91 Å². The number of ether oxygens (including phenoxy) is 2. The van der Waals surface area contributed by atoms with Crippen LogP contribution in [0, 0.1) is 0 Å². The van der Waals surface area contributed by atoms with Crippen LogP contribution in [0.1, 0.15) is 51.9 Å². The third kappa shape index (κ3) is 7.09. The van der Waals surface area contributed by atoms with Crippen molar-refractivity contribution >= 4 is 52.0 Å². The number of hydrogen-bond acceptors (Lipinski definition) is 7. The van der Waals surface area contributed by atoms with E-state index in [-0.39, 0.29) is 22.2 Å². The third-order valence-electron chi connectivity index (χ3n) is 6.15. The van der Waals surface area contributed by atoms with Crippen molar-refractivity contribution < 1.29 is 23.9 Å². The van der Waals surface area contributed by atoms with E-state index in [4.69, 9.17) is 26.1 Å². The molecule has 2 N–H and O–H groups in total. The summed E-state index contributed by atoms with van der Waals surface area (Å²) in [6.45, 7) is 13.3. The van der Waals surface area contributed by atoms with Crippen LogP contribution in [0.25, 0.3) is 0 Å². The smallest absolute Gasteiger partial charge is 0.255 e. The van der Waals surface area contributed by atoms with Gasteiger partial charge in [0.05, 0.1) is 41.0 Å². The summed E-state index contributed by atoms with van der Waals surface area (Å²) in [6, 6.07) is 10.4. The van der Waals surface area contributed by atoms with Crippen molar-refractivity contribution in [2.75, 3.05) is 36.5 Å². The fourth-order valence-electron chi connectivity index (χ4n) is 4.13. The van der Waals surface area contributed by atoms with Gasteiger partial charge in [-0.05, 0) is 82.7 Å². The maximum atomic E-state index is 13.1. The topological polar surface area (TPSA) is 109 Å². The van der Waals surface area contributed by atoms with Crippen molar-refractivity contribution in [2.45, 2.75) is 41.5 Å². The molecule has 1 aliphatic carbocycles. The van der Waals surface area contributed by atoms with Crippen molar-refractivity contribution in [1.82, 2.24) is 5.32 Å². The Morgan fingerprint density at radius 3 is 2.25 bits per heavy atom. The number of amides is 2. The highest BCUT2D eigenvalue weighted by Gasteiger charge is 2.26. The Bertz CT molecular complexity index is 1390. The molecule has 9 nitrogen and oxygen atoms in total. The van der Waals surface area contributed by atoms with Crippen LogP contribution in [0.5, 0.6) is 11.5 Å². The molecule has 0 radical (unpaired) electrons. The normalized spacial score (nSPS) is 14.1. The van der Waals surface area contributed by atoms with Crippen LogP contribution in [0.3, 0.4) is 0 Å². The summed E-state index contributed by atoms with van der Waals surface area (Å²) >= 11 is 6.40. The number of carbonyl (C=O) groups is 3. The number of halogens is 1. The van der Waals surface area contributed by atoms with Gasteiger partial charge in [-0.1, -0.05) is 11.6 Å². The van der Waals surface area contributed by atoms with Crippen molar-refractivity contribution in [1.29, 1.82) is 0 Å². The molecule has 0 atom stereocenters. The van der Waals surface area contributed by atoms with Crippen LogP contribution in [0.4, 0.5) is 17.1 Å². The minimum Gasteiger partial charge on any atom is -0.490 e. The minimum atomic E-state index is -0.526. The van der Waals surface area contributed by atoms with Gasteiger partial charge >= 0.3 is 0 Å². The number of anilines is 2. The molecule has 40 heavy (non-hydrogen) atoms. The molecule has 0 saturated carbocycles. The summed E-state index contributed by atoms with van der Waals surface area (Å²) < 4.78 is 11.2. The fourth-order valence-corrected chi connectivity index (χ4v) is 4.33. The second-order valence-corrected chi connectivity index (χ2v) is 9.24. The molecule has 1 aliphatic rings. The van der Waals surface area contributed by atoms with Crippen molar-refractivity contribution in [2.24, 2.45) is 4.99 Å². The molecular weight excluding hydrogens is 532 g/mol. The van der Waals surface area contributed by atoms with Crippen LogP contribution in [-0.2, 0) is 9.59 Å². The molecule has 2 aromatic carbocycles. The lowest BCUT2D eigenvalue weighted by Crippen LogP contribution is -2.31. The van der Waals surface area contributed by atoms with Gasteiger partial charge in [-0.25, -0.2) is 4.99 Å². The Morgan fingerprint density at radius 1 is 0.950 bits per heavy atom. The van der Waals surface area contributed by atoms with Crippen LogP contribution in [0.2, 0.25) is 0 Å². The van der Waals surface area contributed by atoms with Gasteiger partial charge in [-0.15, -0.1) is 0 Å². The molecule has 0 bridgehead atoms. The molecule has 212 valence electrons. The number of nitrogens with zero attached hydrogens (tertiary/aromatic N) is 2. The van der Waals surface area contributed by atoms with Crippen LogP contribution >= 0.6 is 11.6 Å². The van der Waals surface area contributed by atoms with E-state index in [1.807, 2.05) is 26.0 Å². The van der Waals surface area contributed by atoms with Gasteiger partial charge in [0, 0.05) is 31.3 Å². The molecule has 0 fully saturated rings. The highest BCUT2D eigenvalue weighted by atomic mass is 35.5. The number of Topliss-reactive ketones (excluding diaryl/α,β-unsaturated/α-hetero) is 1. The maximum absolute atomic E-state index is 13.1. The van der Waals surface area contributed by atoms with E-state index in [1.54, 1.807) is 31.2 Å². The first-order valence-corrected chi connectivity index (χ1v) is 13.6. The van der Waals surface area contributed by atoms with Gasteiger partial charge in [0.2, 0.25) is 11.7 Å². The summed E-state index contributed by atoms with van der Waals surface area (Å²) in [5.74, 6) is -0.342. The third-order valence-corrected chi connectivity index (χ3v) is 6.61. The predicted octanol–water partition coefficient (Wildman–Crippen LogP) is 5.77. The summed E-state index contributed by atoms with van der Waals surface area (Å²) in [7, 11) is 0. The number of nitrogens with one attached hydrogen (secondary N) is 2. The Labute approximate surface area is 239 Å². The molecule has 0 aromatic heterocycles. The van der Waals surface area contributed by atoms with E-state index in [9.17, 15) is 14.4 Å². The molecule has 3 rings (SSSR count). The molecule has 0 saturated heterocycles. The number of benzene rings is 2. The van der Waals surface area contributed by atoms with Crippen molar-refractivity contribution in [3.8, 4) is 11.5 Å². The standard InChI is InChI=1S/C30H35ClN4O5/c1-7-35(8-2)21-12-13-22(24(16-21)32-19(6)36)33-23-17-25(29(37)28(31)18(23)5)34-30(38)20-11-14-26(39-9-3)27(15-20)40-10-4/h11-17H,7-10H2,1-6H3,(H,32,36)(H,34,38)/b33-23+. The zero-order valence-corrected chi connectivity index (χ0v) is 24.4. The van der Waals surface area contributed by atoms with E-state index in [2.05, 4.69) is 29.4 Å². The summed E-state index contributed by atoms with van der Waals surface area (Å²) in [5, 5.41) is 5.44. The number of aliphatic imine (C=N–C) groups is 1. The highest BCUT2D eigenvalue weighted by molar-refractivity contribution is 6.49. The zero-order valence-electron chi connectivity index (χ0n) is 23.7. The molecule has 10 heteroatoms. The first kappa shape index (κ1) is 30.4. The Morgan fingerprint density at radius 2 is 1.62 bits per heavy atom. The number of ketones is 1. The highest BCUT2D eigenvalue weighted by Crippen LogP contribution is 2.33. The summed E-state index contributed by atoms with van der Waals surface area (Å²) in [4.78, 5) is 44.9. The van der Waals surface area contributed by atoms with Crippen molar-refractivity contribution in [3.05, 3.63) is 64.3 Å². The molecular formula is C30H35ClN4O5. The van der Waals surface area contributed by atoms with Gasteiger partial charge in [0.15, 0.2) is 11.5 Å². The molecule has 0 spiro atoms. The number of hydrogen-bond donors (Lipinski definition) is 2. The predicted molar refractivity (Wildman–Crippen MR) is 159 cm³/mol. The number of allylic oxidation sites excluding steroid dienone is 3. The number of carbonyl (C=O) groups excluding carboxylic acids is 3. The van der Waals surface area contributed by atoms with Gasteiger partial charge < -0.3 is 25.0 Å². The van der Waals surface area contributed by atoms with Crippen LogP contribution in [0.15, 0.2) is 63.8 Å². The largest absolute Gasteiger partial charge is 0.490 e. The number of rotatable bonds is 11. The average molecular weight is 567 g/mol. The van der Waals surface area contributed by atoms with E-state index in [0.29, 0.717) is 47.4 Å². The van der Waals surface area contributed by atoms with E-state index < -0.39 is 11.7 Å². The van der Waals surface area contributed by atoms with E-state index >= 15 is 0 Å². The lowest BCUT2D eigenvalue weighted by atomic mass is 10.0. The lowest BCUT2D eigenvalue weighted by molar-refractivity contribution is -0.114. The zero-order chi connectivity index (χ0) is 29.4. The molecule has 0 heterocycles. The monoisotopic (exact) mass is 566 g/mol. The molecule has 0 aliphatic heterocycles. The first-order valence-electron chi connectivity index (χ1n) is 13.2. The molecule has 2 amide bonds. The van der Waals surface area contributed by atoms with Gasteiger partial charge in [0.1, 0.15) is 0 Å². The fraction of sp³-hybridized carbons (Fsp3) is 0.333. The lowest BCUT2D eigenvalue weighted by Gasteiger charge is -2.22.